The highest BCUT2D eigenvalue weighted by Crippen LogP contribution is 2.28. The first kappa shape index (κ1) is 26.2. The Morgan fingerprint density at radius 2 is 1.60 bits per heavy atom. The molecule has 2 aliphatic rings. The van der Waals surface area contributed by atoms with Gasteiger partial charge in [-0.1, -0.05) is 30.3 Å². The van der Waals surface area contributed by atoms with Crippen molar-refractivity contribution in [2.75, 3.05) is 6.54 Å². The topological polar surface area (TPSA) is 194 Å². The van der Waals surface area contributed by atoms with Gasteiger partial charge >= 0.3 is 0 Å². The molecule has 0 radical (unpaired) electrons. The van der Waals surface area contributed by atoms with Crippen LogP contribution < -0.4 is 17.2 Å². The number of ether oxygens (including phenoxy) is 2. The van der Waals surface area contributed by atoms with E-state index in [9.17, 15) is 20.4 Å². The molecular weight excluding hydrogens is 456 g/mol. The van der Waals surface area contributed by atoms with Crippen molar-refractivity contribution in [1.29, 1.82) is 0 Å². The molecule has 2 fully saturated rings. The van der Waals surface area contributed by atoms with E-state index in [2.05, 4.69) is 0 Å². The minimum absolute atomic E-state index is 0.229. The van der Waals surface area contributed by atoms with Gasteiger partial charge in [0.25, 0.3) is 0 Å². The number of nitrogens with two attached hydrogens (primary N) is 3. The van der Waals surface area contributed by atoms with Gasteiger partial charge in [-0.2, -0.15) is 0 Å². The summed E-state index contributed by atoms with van der Waals surface area (Å²) in [6, 6.07) is 11.0. The second-order valence-corrected chi connectivity index (χ2v) is 9.48. The second kappa shape index (κ2) is 11.4. The first-order valence-electron chi connectivity index (χ1n) is 11.8. The third-order valence-electron chi connectivity index (χ3n) is 6.78. The average molecular weight is 493 g/mol. The molecule has 10 atom stereocenters. The maximum absolute atomic E-state index is 10.8. The number of hydrogen-bond donors (Lipinski definition) is 7. The van der Waals surface area contributed by atoms with Crippen molar-refractivity contribution in [2.45, 2.75) is 80.5 Å². The van der Waals surface area contributed by atoms with Gasteiger partial charge in [0.1, 0.15) is 36.3 Å². The lowest BCUT2D eigenvalue weighted by Gasteiger charge is -2.46. The first-order chi connectivity index (χ1) is 16.7. The summed E-state index contributed by atoms with van der Waals surface area (Å²) in [5.74, 6) is 0.734. The number of nitrogens with zero attached hydrogens (tertiary/aromatic N) is 1. The van der Waals surface area contributed by atoms with Crippen LogP contribution >= 0.6 is 0 Å². The van der Waals surface area contributed by atoms with Gasteiger partial charge < -0.3 is 51.5 Å². The van der Waals surface area contributed by atoms with Gasteiger partial charge in [0, 0.05) is 25.2 Å². The van der Waals surface area contributed by atoms with Crippen molar-refractivity contribution in [3.05, 3.63) is 60.1 Å². The normalized spacial score (nSPS) is 38.1. The Kier molecular flexibility index (Phi) is 8.55. The van der Waals surface area contributed by atoms with Gasteiger partial charge in [-0.3, -0.25) is 4.90 Å². The Morgan fingerprint density at radius 3 is 2.29 bits per heavy atom. The summed E-state index contributed by atoms with van der Waals surface area (Å²) in [7, 11) is 0. The summed E-state index contributed by atoms with van der Waals surface area (Å²) in [6.07, 6.45) is -6.41. The fraction of sp³-hybridized carbons (Fsp3) is 0.583. The lowest BCUT2D eigenvalue weighted by atomic mass is 9.84. The molecule has 0 spiro atoms. The van der Waals surface area contributed by atoms with Crippen molar-refractivity contribution >= 4 is 0 Å². The fourth-order valence-electron chi connectivity index (χ4n) is 4.75. The molecule has 35 heavy (non-hydrogen) atoms. The fourth-order valence-corrected chi connectivity index (χ4v) is 4.75. The molecule has 1 saturated heterocycles. The van der Waals surface area contributed by atoms with Crippen molar-refractivity contribution in [1.82, 2.24) is 4.90 Å². The van der Waals surface area contributed by atoms with Gasteiger partial charge in [-0.15, -0.1) is 0 Å². The number of benzene rings is 1. The van der Waals surface area contributed by atoms with E-state index >= 15 is 0 Å². The molecule has 1 aliphatic carbocycles. The minimum Gasteiger partial charge on any atom is -0.468 e. The van der Waals surface area contributed by atoms with E-state index in [1.54, 1.807) is 12.3 Å². The second-order valence-electron chi connectivity index (χ2n) is 9.48. The highest BCUT2D eigenvalue weighted by atomic mass is 16.7. The van der Waals surface area contributed by atoms with Gasteiger partial charge in [0.05, 0.1) is 25.0 Å². The van der Waals surface area contributed by atoms with Crippen molar-refractivity contribution < 1.29 is 34.3 Å². The first-order valence-corrected chi connectivity index (χ1v) is 11.8. The van der Waals surface area contributed by atoms with Crippen LogP contribution in [0.5, 0.6) is 0 Å². The Balaban J connectivity index is 1.48. The number of furan rings is 1. The largest absolute Gasteiger partial charge is 0.468 e. The van der Waals surface area contributed by atoms with Crippen LogP contribution in [0.15, 0.2) is 53.1 Å². The predicted molar refractivity (Wildman–Crippen MR) is 125 cm³/mol. The van der Waals surface area contributed by atoms with Gasteiger partial charge in [-0.25, -0.2) is 0 Å². The van der Waals surface area contributed by atoms with Crippen LogP contribution in [0.4, 0.5) is 0 Å². The Labute approximate surface area is 204 Å². The van der Waals surface area contributed by atoms with Gasteiger partial charge in [0.2, 0.25) is 0 Å². The zero-order valence-corrected chi connectivity index (χ0v) is 19.4. The molecule has 194 valence electrons. The summed E-state index contributed by atoms with van der Waals surface area (Å²) in [5, 5.41) is 42.1. The van der Waals surface area contributed by atoms with E-state index in [1.807, 2.05) is 41.3 Å². The number of hydrogen-bond acceptors (Lipinski definition) is 11. The zero-order valence-electron chi connectivity index (χ0n) is 19.4. The van der Waals surface area contributed by atoms with E-state index in [0.717, 1.165) is 11.3 Å². The highest BCUT2D eigenvalue weighted by Gasteiger charge is 2.48. The highest BCUT2D eigenvalue weighted by molar-refractivity contribution is 5.15. The van der Waals surface area contributed by atoms with Crippen LogP contribution in [0.1, 0.15) is 17.7 Å². The van der Waals surface area contributed by atoms with Gasteiger partial charge in [-0.05, 0) is 24.1 Å². The molecule has 1 saturated carbocycles. The molecule has 1 aliphatic heterocycles. The van der Waals surface area contributed by atoms with Crippen LogP contribution in [0, 0.1) is 0 Å². The lowest BCUT2D eigenvalue weighted by molar-refractivity contribution is -0.291. The van der Waals surface area contributed by atoms with Crippen LogP contribution in [-0.2, 0) is 22.6 Å². The van der Waals surface area contributed by atoms with Crippen molar-refractivity contribution in [3.63, 3.8) is 0 Å². The molecule has 10 N–H and O–H groups in total. The van der Waals surface area contributed by atoms with Crippen LogP contribution in [0.25, 0.3) is 0 Å². The molecule has 0 amide bonds. The molecule has 1 aromatic carbocycles. The maximum Gasteiger partial charge on any atom is 0.176 e. The van der Waals surface area contributed by atoms with Crippen LogP contribution in [0.3, 0.4) is 0 Å². The van der Waals surface area contributed by atoms with Crippen LogP contribution in [0.2, 0.25) is 0 Å². The molecule has 0 unspecified atom stereocenters. The predicted octanol–water partition coefficient (Wildman–Crippen LogP) is -1.78. The molecule has 11 nitrogen and oxygen atoms in total. The molecule has 2 aromatic rings. The summed E-state index contributed by atoms with van der Waals surface area (Å²) in [6.45, 7) is 1.21. The Morgan fingerprint density at radius 1 is 0.857 bits per heavy atom. The van der Waals surface area contributed by atoms with E-state index < -0.39 is 61.0 Å². The Bertz CT molecular complexity index is 905. The lowest BCUT2D eigenvalue weighted by Crippen LogP contribution is -2.67. The summed E-state index contributed by atoms with van der Waals surface area (Å²) >= 11 is 0. The quantitative estimate of drug-likeness (QED) is 0.220. The van der Waals surface area contributed by atoms with E-state index in [4.69, 9.17) is 31.1 Å². The molecule has 2 heterocycles. The maximum atomic E-state index is 10.8. The van der Waals surface area contributed by atoms with E-state index in [0.29, 0.717) is 13.1 Å². The average Bonchev–Trinajstić information content (AvgIpc) is 3.35. The van der Waals surface area contributed by atoms with Crippen molar-refractivity contribution in [3.8, 4) is 0 Å². The van der Waals surface area contributed by atoms with E-state index in [-0.39, 0.29) is 13.0 Å². The smallest absolute Gasteiger partial charge is 0.176 e. The summed E-state index contributed by atoms with van der Waals surface area (Å²) in [5.41, 5.74) is 19.1. The van der Waals surface area contributed by atoms with E-state index in [1.165, 1.54) is 0 Å². The van der Waals surface area contributed by atoms with Crippen LogP contribution in [-0.4, -0.2) is 92.9 Å². The summed E-state index contributed by atoms with van der Waals surface area (Å²) < 4.78 is 17.4. The third-order valence-corrected chi connectivity index (χ3v) is 6.78. The minimum atomic E-state index is -1.35. The molecule has 0 bridgehead atoms. The number of aliphatic hydroxyl groups is 4. The zero-order chi connectivity index (χ0) is 25.1. The molecule has 4 rings (SSSR count). The number of aliphatic hydroxyl groups excluding tert-OH is 4. The molecular formula is C24H36N4O7. The SMILES string of the molecule is N[C@H]1[C@@H](O[C@H]2[C@H](O)[C@@H](O)[C@H](N)C[C@@H]2N)O[C@H](CN(Cc2ccccc2)Cc2ccco2)[C@@H](O)[C@@H]1O. The Hall–Kier alpha value is -1.90. The van der Waals surface area contributed by atoms with Crippen molar-refractivity contribution in [2.24, 2.45) is 17.2 Å². The third kappa shape index (κ3) is 6.09. The molecule has 1 aromatic heterocycles. The van der Waals surface area contributed by atoms with Gasteiger partial charge in [0.15, 0.2) is 6.29 Å². The summed E-state index contributed by atoms with van der Waals surface area (Å²) in [4.78, 5) is 2.02. The number of rotatable bonds is 8. The standard InChI is InChI=1S/C24H36N4O7/c25-15-9-16(26)23(22(32)19(15)29)35-24-18(27)21(31)20(30)17(34-24)12-28(11-14-7-4-8-33-14)10-13-5-2-1-3-6-13/h1-8,15-24,29-32H,9-12,25-27H2/t15-,16+,17-,18-,19+,20-,21-,22-,23-,24-/m1/s1. The molecule has 11 heteroatoms. The monoisotopic (exact) mass is 492 g/mol.